The van der Waals surface area contributed by atoms with Crippen LogP contribution in [0.3, 0.4) is 0 Å². The summed E-state index contributed by atoms with van der Waals surface area (Å²) < 4.78 is 42.1. The number of methoxy groups -OCH3 is 1. The number of benzene rings is 2. The standard InChI is InChI=1S/C17H17FN2O6S/c1-26-13-6-9-15(16(11-13)20(22)23)19-17(21)3-2-10-27(24,25)14-7-4-12(18)5-8-14/h4-9,11H,2-3,10H2,1H3,(H,19,21). The van der Waals surface area contributed by atoms with Crippen molar-refractivity contribution in [2.24, 2.45) is 0 Å². The Morgan fingerprint density at radius 1 is 1.22 bits per heavy atom. The summed E-state index contributed by atoms with van der Waals surface area (Å²) in [5.41, 5.74) is -0.339. The van der Waals surface area contributed by atoms with E-state index in [1.54, 1.807) is 0 Å². The molecule has 144 valence electrons. The molecule has 2 aromatic rings. The van der Waals surface area contributed by atoms with Gasteiger partial charge in [-0.05, 0) is 42.8 Å². The van der Waals surface area contributed by atoms with Crippen molar-refractivity contribution in [3.63, 3.8) is 0 Å². The Morgan fingerprint density at radius 3 is 2.48 bits per heavy atom. The fraction of sp³-hybridized carbons (Fsp3) is 0.235. The van der Waals surface area contributed by atoms with E-state index in [1.165, 1.54) is 25.3 Å². The molecule has 0 unspecified atom stereocenters. The van der Waals surface area contributed by atoms with Crippen LogP contribution in [-0.2, 0) is 14.6 Å². The number of nitro benzene ring substituents is 1. The van der Waals surface area contributed by atoms with Gasteiger partial charge in [0.15, 0.2) is 9.84 Å². The van der Waals surface area contributed by atoms with E-state index < -0.39 is 26.5 Å². The summed E-state index contributed by atoms with van der Waals surface area (Å²) in [6.45, 7) is 0. The monoisotopic (exact) mass is 396 g/mol. The van der Waals surface area contributed by atoms with E-state index in [1.807, 2.05) is 0 Å². The van der Waals surface area contributed by atoms with E-state index in [2.05, 4.69) is 5.32 Å². The van der Waals surface area contributed by atoms with Crippen LogP contribution in [0.5, 0.6) is 5.75 Å². The highest BCUT2D eigenvalue weighted by Gasteiger charge is 2.19. The van der Waals surface area contributed by atoms with Crippen molar-refractivity contribution in [2.45, 2.75) is 17.7 Å². The van der Waals surface area contributed by atoms with Crippen molar-refractivity contribution in [3.05, 3.63) is 58.4 Å². The Bertz CT molecular complexity index is 944. The zero-order valence-corrected chi connectivity index (χ0v) is 15.2. The molecule has 0 aliphatic carbocycles. The summed E-state index contributed by atoms with van der Waals surface area (Å²) in [6, 6.07) is 8.38. The summed E-state index contributed by atoms with van der Waals surface area (Å²) in [5.74, 6) is -1.14. The number of nitro groups is 1. The highest BCUT2D eigenvalue weighted by atomic mass is 32.2. The molecule has 0 aliphatic rings. The molecule has 0 radical (unpaired) electrons. The number of nitrogens with one attached hydrogen (secondary N) is 1. The van der Waals surface area contributed by atoms with E-state index in [0.717, 1.165) is 24.3 Å². The van der Waals surface area contributed by atoms with Gasteiger partial charge < -0.3 is 10.1 Å². The number of anilines is 1. The van der Waals surface area contributed by atoms with Gasteiger partial charge in [-0.3, -0.25) is 14.9 Å². The molecule has 0 atom stereocenters. The van der Waals surface area contributed by atoms with Gasteiger partial charge in [0.25, 0.3) is 5.69 Å². The molecule has 1 amide bonds. The number of hydrogen-bond donors (Lipinski definition) is 1. The summed E-state index contributed by atoms with van der Waals surface area (Å²) >= 11 is 0. The fourth-order valence-corrected chi connectivity index (χ4v) is 3.60. The highest BCUT2D eigenvalue weighted by molar-refractivity contribution is 7.91. The molecule has 0 saturated heterocycles. The molecule has 0 saturated carbocycles. The number of sulfone groups is 1. The number of ether oxygens (including phenoxy) is 1. The van der Waals surface area contributed by atoms with Crippen molar-refractivity contribution in [2.75, 3.05) is 18.2 Å². The molecule has 0 fully saturated rings. The predicted molar refractivity (Wildman–Crippen MR) is 96.0 cm³/mol. The number of amides is 1. The Morgan fingerprint density at radius 2 is 1.89 bits per heavy atom. The maximum absolute atomic E-state index is 12.9. The first-order chi connectivity index (χ1) is 12.7. The second-order valence-corrected chi connectivity index (χ2v) is 7.67. The average Bonchev–Trinajstić information content (AvgIpc) is 2.62. The van der Waals surface area contributed by atoms with Gasteiger partial charge in [-0.2, -0.15) is 0 Å². The van der Waals surface area contributed by atoms with Gasteiger partial charge in [-0.15, -0.1) is 0 Å². The SMILES string of the molecule is COc1ccc(NC(=O)CCCS(=O)(=O)c2ccc(F)cc2)c([N+](=O)[O-])c1. The average molecular weight is 396 g/mol. The number of nitrogens with zero attached hydrogens (tertiary/aromatic N) is 1. The minimum absolute atomic E-state index is 0.00723. The van der Waals surface area contributed by atoms with E-state index in [0.29, 0.717) is 0 Å². The zero-order chi connectivity index (χ0) is 20.0. The lowest BCUT2D eigenvalue weighted by molar-refractivity contribution is -0.384. The fourth-order valence-electron chi connectivity index (χ4n) is 2.29. The first kappa shape index (κ1) is 20.3. The quantitative estimate of drug-likeness (QED) is 0.417. The molecule has 10 heteroatoms. The van der Waals surface area contributed by atoms with E-state index >= 15 is 0 Å². The Balaban J connectivity index is 1.97. The summed E-state index contributed by atoms with van der Waals surface area (Å²) in [7, 11) is -2.29. The minimum Gasteiger partial charge on any atom is -0.496 e. The number of hydrogen-bond acceptors (Lipinski definition) is 6. The molecule has 2 rings (SSSR count). The second kappa shape index (κ2) is 8.58. The molecule has 1 N–H and O–H groups in total. The second-order valence-electron chi connectivity index (χ2n) is 5.56. The van der Waals surface area contributed by atoms with Crippen LogP contribution in [0.4, 0.5) is 15.8 Å². The molecule has 0 aromatic heterocycles. The van der Waals surface area contributed by atoms with Gasteiger partial charge >= 0.3 is 0 Å². The van der Waals surface area contributed by atoms with Crippen LogP contribution in [0, 0.1) is 15.9 Å². The number of carbonyl (C=O) groups excluding carboxylic acids is 1. The topological polar surface area (TPSA) is 116 Å². The number of carbonyl (C=O) groups is 1. The minimum atomic E-state index is -3.65. The number of rotatable bonds is 8. The molecule has 0 aliphatic heterocycles. The van der Waals surface area contributed by atoms with Crippen molar-refractivity contribution < 1.29 is 27.3 Å². The van der Waals surface area contributed by atoms with Crippen LogP contribution in [0.15, 0.2) is 47.4 Å². The third-order valence-corrected chi connectivity index (χ3v) is 5.48. The van der Waals surface area contributed by atoms with Gasteiger partial charge in [-0.25, -0.2) is 12.8 Å². The van der Waals surface area contributed by atoms with Crippen LogP contribution >= 0.6 is 0 Å². The van der Waals surface area contributed by atoms with Crippen molar-refractivity contribution in [3.8, 4) is 5.75 Å². The van der Waals surface area contributed by atoms with Crippen molar-refractivity contribution in [1.29, 1.82) is 0 Å². The zero-order valence-electron chi connectivity index (χ0n) is 14.3. The molecule has 0 bridgehead atoms. The van der Waals surface area contributed by atoms with Gasteiger partial charge in [0.2, 0.25) is 5.91 Å². The lowest BCUT2D eigenvalue weighted by Gasteiger charge is -2.08. The third-order valence-electron chi connectivity index (χ3n) is 3.67. The summed E-state index contributed by atoms with van der Waals surface area (Å²) in [6.07, 6.45) is -0.140. The molecule has 8 nitrogen and oxygen atoms in total. The lowest BCUT2D eigenvalue weighted by Crippen LogP contribution is -2.15. The first-order valence-corrected chi connectivity index (χ1v) is 9.49. The van der Waals surface area contributed by atoms with E-state index in [-0.39, 0.29) is 40.6 Å². The predicted octanol–water partition coefficient (Wildman–Crippen LogP) is 2.94. The lowest BCUT2D eigenvalue weighted by atomic mass is 10.2. The van der Waals surface area contributed by atoms with Crippen LogP contribution in [0.2, 0.25) is 0 Å². The maximum Gasteiger partial charge on any atom is 0.296 e. The smallest absolute Gasteiger partial charge is 0.296 e. The Labute approximate surface area is 155 Å². The molecule has 2 aromatic carbocycles. The first-order valence-electron chi connectivity index (χ1n) is 7.83. The maximum atomic E-state index is 12.9. The third kappa shape index (κ3) is 5.48. The van der Waals surface area contributed by atoms with Gasteiger partial charge in [-0.1, -0.05) is 0 Å². The van der Waals surface area contributed by atoms with Crippen molar-refractivity contribution >= 4 is 27.1 Å². The molecular weight excluding hydrogens is 379 g/mol. The van der Waals surface area contributed by atoms with E-state index in [4.69, 9.17) is 4.74 Å². The van der Waals surface area contributed by atoms with Crippen LogP contribution < -0.4 is 10.1 Å². The Hall–Kier alpha value is -3.01. The van der Waals surface area contributed by atoms with Crippen molar-refractivity contribution in [1.82, 2.24) is 0 Å². The number of halogens is 1. The molecule has 0 heterocycles. The normalized spacial score (nSPS) is 11.0. The van der Waals surface area contributed by atoms with E-state index in [9.17, 15) is 27.7 Å². The van der Waals surface area contributed by atoms with Gasteiger partial charge in [0.1, 0.15) is 17.3 Å². The molecule has 27 heavy (non-hydrogen) atoms. The largest absolute Gasteiger partial charge is 0.496 e. The van der Waals surface area contributed by atoms with Gasteiger partial charge in [0.05, 0.1) is 28.7 Å². The highest BCUT2D eigenvalue weighted by Crippen LogP contribution is 2.29. The summed E-state index contributed by atoms with van der Waals surface area (Å²) in [4.78, 5) is 22.4. The summed E-state index contributed by atoms with van der Waals surface area (Å²) in [5, 5.41) is 13.5. The van der Waals surface area contributed by atoms with Crippen LogP contribution in [0.1, 0.15) is 12.8 Å². The molecule has 0 spiro atoms. The molecular formula is C17H17FN2O6S. The van der Waals surface area contributed by atoms with Crippen LogP contribution in [0.25, 0.3) is 0 Å². The van der Waals surface area contributed by atoms with Crippen LogP contribution in [-0.4, -0.2) is 32.1 Å². The van der Waals surface area contributed by atoms with Gasteiger partial charge in [0, 0.05) is 6.42 Å². The Kier molecular flexibility index (Phi) is 6.45.